The molecular weight excluding hydrogens is 514 g/mol. The first-order chi connectivity index (χ1) is 20.7. The summed E-state index contributed by atoms with van der Waals surface area (Å²) in [5, 5.41) is 13.8. The average molecular weight is 544 g/mol. The van der Waals surface area contributed by atoms with Crippen molar-refractivity contribution in [3.63, 3.8) is 0 Å². The van der Waals surface area contributed by atoms with E-state index in [1.807, 2.05) is 121 Å². The van der Waals surface area contributed by atoms with Gasteiger partial charge in [-0.2, -0.15) is 0 Å². The van der Waals surface area contributed by atoms with Crippen molar-refractivity contribution in [1.29, 1.82) is 0 Å². The molecule has 1 heterocycles. The molecule has 3 N–H and O–H groups in total. The number of phenolic OH excluding ortho intramolecular Hbond substituents is 1. The van der Waals surface area contributed by atoms with Gasteiger partial charge >= 0.3 is 0 Å². The molecule has 0 amide bonds. The quantitative estimate of drug-likeness (QED) is 0.206. The Hall–Kier alpha value is -5.45. The molecule has 1 aromatic heterocycles. The van der Waals surface area contributed by atoms with Crippen LogP contribution in [0.2, 0.25) is 0 Å². The predicted octanol–water partition coefficient (Wildman–Crippen LogP) is 8.95. The van der Waals surface area contributed by atoms with Crippen LogP contribution in [0.15, 0.2) is 151 Å². The Morgan fingerprint density at radius 2 is 1.38 bits per heavy atom. The first-order valence-corrected chi connectivity index (χ1v) is 14.0. The molecule has 1 atom stereocenters. The summed E-state index contributed by atoms with van der Waals surface area (Å²) >= 11 is 0. The largest absolute Gasteiger partial charge is 0.505 e. The number of benzene rings is 6. The number of nitrogens with zero attached hydrogens (tertiary/aromatic N) is 2. The van der Waals surface area contributed by atoms with Crippen molar-refractivity contribution in [2.45, 2.75) is 6.04 Å². The summed E-state index contributed by atoms with van der Waals surface area (Å²) in [7, 11) is 0. The lowest BCUT2D eigenvalue weighted by atomic mass is 9.98. The van der Waals surface area contributed by atoms with Crippen molar-refractivity contribution in [2.24, 2.45) is 10.7 Å². The molecule has 4 heteroatoms. The molecule has 0 fully saturated rings. The Balaban J connectivity index is 1.33. The van der Waals surface area contributed by atoms with Crippen LogP contribution >= 0.6 is 0 Å². The van der Waals surface area contributed by atoms with Gasteiger partial charge in [0, 0.05) is 28.2 Å². The minimum Gasteiger partial charge on any atom is -0.505 e. The molecule has 7 aromatic rings. The molecule has 0 saturated heterocycles. The molecule has 42 heavy (non-hydrogen) atoms. The molecule has 7 rings (SSSR count). The van der Waals surface area contributed by atoms with Gasteiger partial charge < -0.3 is 15.4 Å². The van der Waals surface area contributed by atoms with E-state index >= 15 is 0 Å². The smallest absolute Gasteiger partial charge is 0.148 e. The van der Waals surface area contributed by atoms with E-state index in [1.54, 1.807) is 0 Å². The van der Waals surface area contributed by atoms with Crippen LogP contribution in [-0.4, -0.2) is 15.9 Å². The van der Waals surface area contributed by atoms with Crippen molar-refractivity contribution in [2.75, 3.05) is 0 Å². The first kappa shape index (κ1) is 25.5. The maximum atomic E-state index is 11.7. The summed E-state index contributed by atoms with van der Waals surface area (Å²) in [5.41, 5.74) is 15.0. The van der Waals surface area contributed by atoms with Crippen LogP contribution in [-0.2, 0) is 0 Å². The Morgan fingerprint density at radius 3 is 2.21 bits per heavy atom. The van der Waals surface area contributed by atoms with Crippen molar-refractivity contribution in [1.82, 2.24) is 4.57 Å². The van der Waals surface area contributed by atoms with Gasteiger partial charge in [0.1, 0.15) is 5.75 Å². The SMILES string of the molecule is NC(c1ccccc1)c1ccccc1/N=C/c1cccc(-n2c3ccccc3c3ccc(-c4ccccc4)c(O)c32)c1. The van der Waals surface area contributed by atoms with Gasteiger partial charge in [-0.25, -0.2) is 0 Å². The minimum absolute atomic E-state index is 0.262. The lowest BCUT2D eigenvalue weighted by molar-refractivity contribution is 0.482. The van der Waals surface area contributed by atoms with Gasteiger partial charge in [0.15, 0.2) is 0 Å². The fourth-order valence-electron chi connectivity index (χ4n) is 5.76. The number of aromatic hydroxyl groups is 1. The zero-order valence-electron chi connectivity index (χ0n) is 22.9. The highest BCUT2D eigenvalue weighted by molar-refractivity contribution is 6.13. The third kappa shape index (κ3) is 4.54. The van der Waals surface area contributed by atoms with Crippen molar-refractivity contribution >= 4 is 33.7 Å². The van der Waals surface area contributed by atoms with Crippen LogP contribution in [0.3, 0.4) is 0 Å². The van der Waals surface area contributed by atoms with Gasteiger partial charge in [-0.3, -0.25) is 4.99 Å². The molecule has 6 aromatic carbocycles. The second-order valence-corrected chi connectivity index (χ2v) is 10.4. The highest BCUT2D eigenvalue weighted by Crippen LogP contribution is 2.42. The van der Waals surface area contributed by atoms with Crippen LogP contribution in [0.4, 0.5) is 5.69 Å². The molecule has 0 bridgehead atoms. The number of hydrogen-bond acceptors (Lipinski definition) is 3. The Kier molecular flexibility index (Phi) is 6.59. The van der Waals surface area contributed by atoms with E-state index in [4.69, 9.17) is 10.7 Å². The normalized spacial score (nSPS) is 12.3. The van der Waals surface area contributed by atoms with E-state index in [1.165, 1.54) is 0 Å². The highest BCUT2D eigenvalue weighted by atomic mass is 16.3. The summed E-state index contributed by atoms with van der Waals surface area (Å²) in [6.07, 6.45) is 1.88. The van der Waals surface area contributed by atoms with Crippen LogP contribution in [0.25, 0.3) is 38.6 Å². The molecule has 202 valence electrons. The molecule has 0 radical (unpaired) electrons. The lowest BCUT2D eigenvalue weighted by Crippen LogP contribution is -2.11. The summed E-state index contributed by atoms with van der Waals surface area (Å²) in [4.78, 5) is 4.88. The number of fused-ring (bicyclic) bond motifs is 3. The monoisotopic (exact) mass is 543 g/mol. The Bertz CT molecular complexity index is 2060. The maximum Gasteiger partial charge on any atom is 0.148 e. The molecule has 0 saturated carbocycles. The number of aliphatic imine (C=N–C) groups is 1. The number of aromatic nitrogens is 1. The number of hydrogen-bond donors (Lipinski definition) is 2. The van der Waals surface area contributed by atoms with Crippen molar-refractivity contribution in [3.8, 4) is 22.6 Å². The van der Waals surface area contributed by atoms with Crippen molar-refractivity contribution in [3.05, 3.63) is 162 Å². The second kappa shape index (κ2) is 10.8. The summed E-state index contributed by atoms with van der Waals surface area (Å²) in [6.45, 7) is 0. The van der Waals surface area contributed by atoms with E-state index in [2.05, 4.69) is 34.9 Å². The van der Waals surface area contributed by atoms with E-state index in [0.29, 0.717) is 0 Å². The zero-order valence-corrected chi connectivity index (χ0v) is 22.9. The number of nitrogens with two attached hydrogens (primary N) is 1. The third-order valence-corrected chi connectivity index (χ3v) is 7.81. The third-order valence-electron chi connectivity index (χ3n) is 7.81. The molecule has 0 aliphatic heterocycles. The highest BCUT2D eigenvalue weighted by Gasteiger charge is 2.18. The topological polar surface area (TPSA) is 63.5 Å². The minimum atomic E-state index is -0.273. The molecule has 0 aliphatic rings. The molecule has 0 aliphatic carbocycles. The standard InChI is InChI=1S/C38H29N3O/c39-36(28-15-5-2-6-16-28)33-19-7-9-20-34(33)40-25-26-12-11-17-29(24-26)41-35-21-10-8-18-31(35)32-23-22-30(38(42)37(32)41)27-13-3-1-4-14-27/h1-25,36,42H,39H2/b40-25+. The van der Waals surface area contributed by atoms with Gasteiger partial charge in [-0.1, -0.05) is 115 Å². The van der Waals surface area contributed by atoms with Gasteiger partial charge in [-0.15, -0.1) is 0 Å². The maximum absolute atomic E-state index is 11.7. The van der Waals surface area contributed by atoms with Crippen LogP contribution < -0.4 is 5.73 Å². The van der Waals surface area contributed by atoms with E-state index in [-0.39, 0.29) is 11.8 Å². The van der Waals surface area contributed by atoms with Crippen LogP contribution in [0.1, 0.15) is 22.7 Å². The van der Waals surface area contributed by atoms with E-state index < -0.39 is 0 Å². The van der Waals surface area contributed by atoms with Crippen molar-refractivity contribution < 1.29 is 5.11 Å². The Labute approximate surface area is 244 Å². The van der Waals surface area contributed by atoms with Gasteiger partial charge in [0.05, 0.1) is 22.8 Å². The van der Waals surface area contributed by atoms with Crippen LogP contribution in [0, 0.1) is 0 Å². The molecular formula is C38H29N3O. The zero-order chi connectivity index (χ0) is 28.5. The molecule has 4 nitrogen and oxygen atoms in total. The summed E-state index contributed by atoms with van der Waals surface area (Å²) < 4.78 is 2.14. The van der Waals surface area contributed by atoms with Crippen LogP contribution in [0.5, 0.6) is 5.75 Å². The van der Waals surface area contributed by atoms with E-state index in [9.17, 15) is 5.11 Å². The predicted molar refractivity (Wildman–Crippen MR) is 174 cm³/mol. The average Bonchev–Trinajstić information content (AvgIpc) is 3.40. The molecule has 1 unspecified atom stereocenters. The fourth-order valence-corrected chi connectivity index (χ4v) is 5.76. The van der Waals surface area contributed by atoms with Gasteiger partial charge in [-0.05, 0) is 52.6 Å². The Morgan fingerprint density at radius 1 is 0.667 bits per heavy atom. The first-order valence-electron chi connectivity index (χ1n) is 14.0. The lowest BCUT2D eigenvalue weighted by Gasteiger charge is -2.15. The van der Waals surface area contributed by atoms with Gasteiger partial charge in [0.25, 0.3) is 0 Å². The van der Waals surface area contributed by atoms with Gasteiger partial charge in [0.2, 0.25) is 0 Å². The summed E-state index contributed by atoms with van der Waals surface area (Å²) in [6, 6.07) is 48.4. The fraction of sp³-hybridized carbons (Fsp3) is 0.0263. The number of rotatable bonds is 6. The summed E-state index contributed by atoms with van der Waals surface area (Å²) in [5.74, 6) is 0.262. The number of para-hydroxylation sites is 2. The van der Waals surface area contributed by atoms with E-state index in [0.717, 1.165) is 61.0 Å². The second-order valence-electron chi connectivity index (χ2n) is 10.4. The molecule has 0 spiro atoms. The number of phenols is 1.